The van der Waals surface area contributed by atoms with Gasteiger partial charge in [0, 0.05) is 14.3 Å². The van der Waals surface area contributed by atoms with Crippen LogP contribution < -0.4 is 0 Å². The predicted octanol–water partition coefficient (Wildman–Crippen LogP) is 3.98. The first-order valence-electron chi connectivity index (χ1n) is 3.13. The second-order valence-corrected chi connectivity index (χ2v) is 4.44. The number of hydrogen-bond donors (Lipinski definition) is 0. The molecule has 1 aromatic rings. The Hall–Kier alpha value is 0.150. The highest BCUT2D eigenvalue weighted by molar-refractivity contribution is 9.11. The molecular weight excluding hydrogens is 350 g/mol. The van der Waals surface area contributed by atoms with Gasteiger partial charge >= 0.3 is 0 Å². The maximum Gasteiger partial charge on any atom is 0.100 e. The molecule has 0 radical (unpaired) electrons. The number of rotatable bonds is 1. The SMILES string of the molecule is N#Cc1cc(Br)cc(CBr)c1Br. The van der Waals surface area contributed by atoms with Gasteiger partial charge in [0.1, 0.15) is 6.07 Å². The van der Waals surface area contributed by atoms with Crippen LogP contribution in [-0.2, 0) is 5.33 Å². The van der Waals surface area contributed by atoms with E-state index in [4.69, 9.17) is 5.26 Å². The van der Waals surface area contributed by atoms with Crippen molar-refractivity contribution in [2.75, 3.05) is 0 Å². The minimum Gasteiger partial charge on any atom is -0.192 e. The second kappa shape index (κ2) is 4.40. The van der Waals surface area contributed by atoms with Crippen molar-refractivity contribution in [3.05, 3.63) is 32.2 Å². The van der Waals surface area contributed by atoms with Crippen LogP contribution in [-0.4, -0.2) is 0 Å². The molecule has 0 spiro atoms. The van der Waals surface area contributed by atoms with Gasteiger partial charge in [0.2, 0.25) is 0 Å². The van der Waals surface area contributed by atoms with E-state index in [1.165, 1.54) is 0 Å². The molecule has 0 aliphatic rings. The van der Waals surface area contributed by atoms with E-state index in [0.717, 1.165) is 19.8 Å². The molecular formula is C8H4Br3N. The molecule has 0 bridgehead atoms. The fraction of sp³-hybridized carbons (Fsp3) is 0.125. The quantitative estimate of drug-likeness (QED) is 0.701. The molecule has 0 saturated heterocycles. The lowest BCUT2D eigenvalue weighted by atomic mass is 10.2. The molecule has 0 N–H and O–H groups in total. The van der Waals surface area contributed by atoms with Crippen molar-refractivity contribution >= 4 is 47.8 Å². The van der Waals surface area contributed by atoms with Gasteiger partial charge in [-0.2, -0.15) is 5.26 Å². The Morgan fingerprint density at radius 2 is 2.00 bits per heavy atom. The highest BCUT2D eigenvalue weighted by Crippen LogP contribution is 2.27. The summed E-state index contributed by atoms with van der Waals surface area (Å²) in [5.74, 6) is 0. The topological polar surface area (TPSA) is 23.8 Å². The molecule has 12 heavy (non-hydrogen) atoms. The number of nitrogens with zero attached hydrogens (tertiary/aromatic N) is 1. The average molecular weight is 354 g/mol. The second-order valence-electron chi connectivity index (χ2n) is 2.17. The largest absolute Gasteiger partial charge is 0.192 e. The zero-order valence-corrected chi connectivity index (χ0v) is 10.7. The molecule has 0 aliphatic heterocycles. The van der Waals surface area contributed by atoms with E-state index in [9.17, 15) is 0 Å². The van der Waals surface area contributed by atoms with E-state index in [1.807, 2.05) is 6.07 Å². The number of benzene rings is 1. The Kier molecular flexibility index (Phi) is 3.76. The fourth-order valence-electron chi connectivity index (χ4n) is 0.824. The lowest BCUT2D eigenvalue weighted by Gasteiger charge is -2.02. The fourth-order valence-corrected chi connectivity index (χ4v) is 2.61. The van der Waals surface area contributed by atoms with Crippen LogP contribution in [0.2, 0.25) is 0 Å². The molecule has 0 saturated carbocycles. The number of hydrogen-bond acceptors (Lipinski definition) is 1. The summed E-state index contributed by atoms with van der Waals surface area (Å²) in [5.41, 5.74) is 1.72. The summed E-state index contributed by atoms with van der Waals surface area (Å²) in [6.07, 6.45) is 0. The Labute approximate surface area is 96.2 Å². The number of alkyl halides is 1. The van der Waals surface area contributed by atoms with Crippen LogP contribution in [0, 0.1) is 11.3 Å². The highest BCUT2D eigenvalue weighted by atomic mass is 79.9. The maximum absolute atomic E-state index is 8.75. The van der Waals surface area contributed by atoms with Gasteiger partial charge in [0.25, 0.3) is 0 Å². The molecule has 0 heterocycles. The van der Waals surface area contributed by atoms with Crippen LogP contribution in [0.25, 0.3) is 0 Å². The van der Waals surface area contributed by atoms with Gasteiger partial charge < -0.3 is 0 Å². The molecule has 0 atom stereocenters. The van der Waals surface area contributed by atoms with Gasteiger partial charge in [0.05, 0.1) is 5.56 Å². The van der Waals surface area contributed by atoms with Gasteiger partial charge in [-0.3, -0.25) is 0 Å². The Morgan fingerprint density at radius 1 is 1.33 bits per heavy atom. The minimum atomic E-state index is 0.652. The van der Waals surface area contributed by atoms with Gasteiger partial charge in [-0.05, 0) is 33.6 Å². The lowest BCUT2D eigenvalue weighted by molar-refractivity contribution is 1.35. The number of nitriles is 1. The van der Waals surface area contributed by atoms with E-state index in [0.29, 0.717) is 5.56 Å². The summed E-state index contributed by atoms with van der Waals surface area (Å²) in [4.78, 5) is 0. The summed E-state index contributed by atoms with van der Waals surface area (Å²) < 4.78 is 1.79. The van der Waals surface area contributed by atoms with Crippen molar-refractivity contribution in [3.8, 4) is 6.07 Å². The van der Waals surface area contributed by atoms with Crippen LogP contribution >= 0.6 is 47.8 Å². The van der Waals surface area contributed by atoms with E-state index < -0.39 is 0 Å². The van der Waals surface area contributed by atoms with E-state index >= 15 is 0 Å². The monoisotopic (exact) mass is 351 g/mol. The third-order valence-electron chi connectivity index (χ3n) is 1.38. The van der Waals surface area contributed by atoms with Crippen molar-refractivity contribution in [2.24, 2.45) is 0 Å². The number of halogens is 3. The standard InChI is InChI=1S/C8H4Br3N/c9-3-5-1-7(10)2-6(4-12)8(5)11/h1-2H,3H2. The third-order valence-corrected chi connectivity index (χ3v) is 3.38. The van der Waals surface area contributed by atoms with Crippen LogP contribution in [0.5, 0.6) is 0 Å². The van der Waals surface area contributed by atoms with Crippen LogP contribution in [0.3, 0.4) is 0 Å². The molecule has 62 valence electrons. The summed E-state index contributed by atoms with van der Waals surface area (Å²) in [7, 11) is 0. The van der Waals surface area contributed by atoms with Crippen molar-refractivity contribution in [1.29, 1.82) is 5.26 Å². The van der Waals surface area contributed by atoms with Crippen LogP contribution in [0.1, 0.15) is 11.1 Å². The van der Waals surface area contributed by atoms with Gasteiger partial charge in [-0.1, -0.05) is 31.9 Å². The summed E-state index contributed by atoms with van der Waals surface area (Å²) in [6.45, 7) is 0. The van der Waals surface area contributed by atoms with Gasteiger partial charge in [0.15, 0.2) is 0 Å². The summed E-state index contributed by atoms with van der Waals surface area (Å²) in [5, 5.41) is 9.48. The molecule has 0 aromatic heterocycles. The molecule has 1 aromatic carbocycles. The minimum absolute atomic E-state index is 0.652. The Bertz CT molecular complexity index is 341. The summed E-state index contributed by atoms with van der Waals surface area (Å²) >= 11 is 10.0. The smallest absolute Gasteiger partial charge is 0.100 e. The third kappa shape index (κ3) is 2.09. The maximum atomic E-state index is 8.75. The van der Waals surface area contributed by atoms with E-state index in [2.05, 4.69) is 53.9 Å². The Morgan fingerprint density at radius 3 is 2.50 bits per heavy atom. The van der Waals surface area contributed by atoms with E-state index in [-0.39, 0.29) is 0 Å². The normalized spacial score (nSPS) is 9.50. The van der Waals surface area contributed by atoms with E-state index in [1.54, 1.807) is 6.07 Å². The van der Waals surface area contributed by atoms with Crippen LogP contribution in [0.15, 0.2) is 21.1 Å². The molecule has 0 unspecified atom stereocenters. The first-order valence-corrected chi connectivity index (χ1v) is 5.83. The van der Waals surface area contributed by atoms with Gasteiger partial charge in [-0.15, -0.1) is 0 Å². The zero-order chi connectivity index (χ0) is 9.14. The Balaban J connectivity index is 3.34. The first kappa shape index (κ1) is 10.2. The van der Waals surface area contributed by atoms with Crippen molar-refractivity contribution in [1.82, 2.24) is 0 Å². The molecule has 0 amide bonds. The molecule has 0 aliphatic carbocycles. The zero-order valence-electron chi connectivity index (χ0n) is 5.94. The van der Waals surface area contributed by atoms with Crippen molar-refractivity contribution < 1.29 is 0 Å². The predicted molar refractivity (Wildman–Crippen MR) is 59.2 cm³/mol. The van der Waals surface area contributed by atoms with Crippen molar-refractivity contribution in [2.45, 2.75) is 5.33 Å². The van der Waals surface area contributed by atoms with Gasteiger partial charge in [-0.25, -0.2) is 0 Å². The highest BCUT2D eigenvalue weighted by Gasteiger charge is 2.05. The summed E-state index contributed by atoms with van der Waals surface area (Å²) in [6, 6.07) is 5.87. The molecule has 0 fully saturated rings. The average Bonchev–Trinajstić information content (AvgIpc) is 2.08. The lowest BCUT2D eigenvalue weighted by Crippen LogP contribution is -1.85. The first-order chi connectivity index (χ1) is 5.69. The molecule has 1 nitrogen and oxygen atoms in total. The molecule has 1 rings (SSSR count). The molecule has 4 heteroatoms. The van der Waals surface area contributed by atoms with Crippen LogP contribution in [0.4, 0.5) is 0 Å². The van der Waals surface area contributed by atoms with Crippen molar-refractivity contribution in [3.63, 3.8) is 0 Å².